The van der Waals surface area contributed by atoms with E-state index in [-0.39, 0.29) is 0 Å². The zero-order chi connectivity index (χ0) is 11.0. The summed E-state index contributed by atoms with van der Waals surface area (Å²) in [6.07, 6.45) is 0. The van der Waals surface area contributed by atoms with E-state index in [4.69, 9.17) is 16.3 Å². The molecule has 0 aliphatic carbocycles. The van der Waals surface area contributed by atoms with Gasteiger partial charge in [-0.05, 0) is 28.9 Å². The van der Waals surface area contributed by atoms with Crippen molar-refractivity contribution in [3.63, 3.8) is 0 Å². The number of rotatable bonds is 1. The molecule has 2 rings (SSSR count). The van der Waals surface area contributed by atoms with Gasteiger partial charge in [-0.15, -0.1) is 5.10 Å². The third kappa shape index (κ3) is 1.77. The van der Waals surface area contributed by atoms with Crippen molar-refractivity contribution >= 4 is 38.4 Å². The van der Waals surface area contributed by atoms with Crippen molar-refractivity contribution < 1.29 is 4.74 Å². The molecule has 0 aromatic carbocycles. The van der Waals surface area contributed by atoms with Crippen LogP contribution in [0.15, 0.2) is 10.5 Å². The fourth-order valence-corrected chi connectivity index (χ4v) is 1.93. The molecule has 0 fully saturated rings. The van der Waals surface area contributed by atoms with Crippen molar-refractivity contribution in [2.45, 2.75) is 6.92 Å². The predicted molar refractivity (Wildman–Crippen MR) is 61.3 cm³/mol. The molecular formula is C9H7BrClN3O. The fourth-order valence-electron chi connectivity index (χ4n) is 1.27. The van der Waals surface area contributed by atoms with Crippen LogP contribution in [0.2, 0.25) is 5.15 Å². The van der Waals surface area contributed by atoms with Crippen LogP contribution >= 0.6 is 27.5 Å². The van der Waals surface area contributed by atoms with Gasteiger partial charge >= 0.3 is 0 Å². The molecule has 0 spiro atoms. The van der Waals surface area contributed by atoms with E-state index in [1.54, 1.807) is 7.11 Å². The normalized spacial score (nSPS) is 10.7. The third-order valence-corrected chi connectivity index (χ3v) is 2.84. The summed E-state index contributed by atoms with van der Waals surface area (Å²) in [4.78, 5) is 4.30. The lowest BCUT2D eigenvalue weighted by Gasteiger charge is -2.06. The van der Waals surface area contributed by atoms with Crippen molar-refractivity contribution in [2.75, 3.05) is 7.11 Å². The second-order valence-corrected chi connectivity index (χ2v) is 4.16. The maximum Gasteiger partial charge on any atom is 0.228 e. The number of pyridine rings is 1. The van der Waals surface area contributed by atoms with Gasteiger partial charge in [0.25, 0.3) is 0 Å². The Hall–Kier alpha value is -0.940. The first-order chi connectivity index (χ1) is 7.13. The summed E-state index contributed by atoms with van der Waals surface area (Å²) in [6, 6.07) is 1.82. The summed E-state index contributed by atoms with van der Waals surface area (Å²) in [5.74, 6) is 0.509. The molecule has 0 bridgehead atoms. The minimum absolute atomic E-state index is 0.339. The number of ether oxygens (including phenoxy) is 1. The number of hydrogen-bond acceptors (Lipinski definition) is 4. The van der Waals surface area contributed by atoms with Crippen molar-refractivity contribution in [3.05, 3.63) is 21.4 Å². The van der Waals surface area contributed by atoms with E-state index in [2.05, 4.69) is 31.1 Å². The highest BCUT2D eigenvalue weighted by Crippen LogP contribution is 2.30. The second kappa shape index (κ2) is 3.90. The van der Waals surface area contributed by atoms with Crippen LogP contribution in [0.4, 0.5) is 0 Å². The lowest BCUT2D eigenvalue weighted by molar-refractivity contribution is 0.396. The molecule has 78 valence electrons. The average Bonchev–Trinajstić information content (AvgIpc) is 2.23. The van der Waals surface area contributed by atoms with Gasteiger partial charge in [-0.25, -0.2) is 4.98 Å². The van der Waals surface area contributed by atoms with Gasteiger partial charge in [0.05, 0.1) is 17.3 Å². The van der Waals surface area contributed by atoms with Gasteiger partial charge < -0.3 is 4.74 Å². The van der Waals surface area contributed by atoms with Gasteiger partial charge in [-0.2, -0.15) is 5.10 Å². The molecule has 0 atom stereocenters. The number of nitrogens with zero attached hydrogens (tertiary/aromatic N) is 3. The van der Waals surface area contributed by atoms with E-state index in [1.807, 2.05) is 13.0 Å². The molecule has 2 aromatic heterocycles. The highest BCUT2D eigenvalue weighted by molar-refractivity contribution is 9.10. The highest BCUT2D eigenvalue weighted by Gasteiger charge is 2.10. The van der Waals surface area contributed by atoms with E-state index < -0.39 is 0 Å². The summed E-state index contributed by atoms with van der Waals surface area (Å²) < 4.78 is 5.84. The topological polar surface area (TPSA) is 47.9 Å². The quantitative estimate of drug-likeness (QED) is 0.809. The van der Waals surface area contributed by atoms with Gasteiger partial charge in [-0.3, -0.25) is 0 Å². The first-order valence-corrected chi connectivity index (χ1v) is 5.33. The van der Waals surface area contributed by atoms with E-state index in [0.717, 1.165) is 15.6 Å². The lowest BCUT2D eigenvalue weighted by Crippen LogP contribution is -1.96. The van der Waals surface area contributed by atoms with Crippen LogP contribution in [0.1, 0.15) is 5.69 Å². The Morgan fingerprint density at radius 2 is 2.13 bits per heavy atom. The van der Waals surface area contributed by atoms with E-state index in [0.29, 0.717) is 16.5 Å². The summed E-state index contributed by atoms with van der Waals surface area (Å²) in [5, 5.41) is 8.81. The summed E-state index contributed by atoms with van der Waals surface area (Å²) in [7, 11) is 1.56. The number of aromatic nitrogens is 3. The number of methoxy groups -OCH3 is 1. The molecule has 0 aliphatic rings. The van der Waals surface area contributed by atoms with E-state index in [1.165, 1.54) is 0 Å². The minimum Gasteiger partial charge on any atom is -0.480 e. The SMILES string of the molecule is COc1nc2c(C)nnc(Cl)c2cc1Br. The Morgan fingerprint density at radius 3 is 2.80 bits per heavy atom. The largest absolute Gasteiger partial charge is 0.480 e. The molecule has 0 saturated heterocycles. The monoisotopic (exact) mass is 287 g/mol. The Labute approximate surface area is 99.8 Å². The Kier molecular flexibility index (Phi) is 2.75. The number of fused-ring (bicyclic) bond motifs is 1. The number of aryl methyl sites for hydroxylation is 1. The van der Waals surface area contributed by atoms with Gasteiger partial charge in [0.2, 0.25) is 5.88 Å². The Bertz CT molecular complexity index is 532. The number of hydrogen-bond donors (Lipinski definition) is 0. The van der Waals surface area contributed by atoms with Crippen LogP contribution in [0, 0.1) is 6.92 Å². The maximum absolute atomic E-state index is 5.92. The molecule has 6 heteroatoms. The van der Waals surface area contributed by atoms with E-state index >= 15 is 0 Å². The molecule has 15 heavy (non-hydrogen) atoms. The van der Waals surface area contributed by atoms with Gasteiger partial charge in [0.1, 0.15) is 5.52 Å². The average molecular weight is 289 g/mol. The number of halogens is 2. The van der Waals surface area contributed by atoms with Crippen molar-refractivity contribution in [2.24, 2.45) is 0 Å². The molecule has 0 N–H and O–H groups in total. The molecule has 0 aliphatic heterocycles. The zero-order valence-electron chi connectivity index (χ0n) is 8.08. The van der Waals surface area contributed by atoms with Crippen LogP contribution in [0.25, 0.3) is 10.9 Å². The standard InChI is InChI=1S/C9H7BrClN3O/c1-4-7-5(8(11)14-13-4)3-6(10)9(12-7)15-2/h3H,1-2H3. The molecule has 0 amide bonds. The summed E-state index contributed by atoms with van der Waals surface area (Å²) in [5.41, 5.74) is 1.43. The smallest absolute Gasteiger partial charge is 0.228 e. The minimum atomic E-state index is 0.339. The van der Waals surface area contributed by atoms with Gasteiger partial charge in [0, 0.05) is 5.39 Å². The molecule has 2 aromatic rings. The molecule has 0 unspecified atom stereocenters. The molecule has 2 heterocycles. The molecular weight excluding hydrogens is 281 g/mol. The highest BCUT2D eigenvalue weighted by atomic mass is 79.9. The zero-order valence-corrected chi connectivity index (χ0v) is 10.4. The third-order valence-electron chi connectivity index (χ3n) is 1.99. The van der Waals surface area contributed by atoms with Crippen LogP contribution in [0.5, 0.6) is 5.88 Å². The molecule has 0 radical (unpaired) electrons. The van der Waals surface area contributed by atoms with Gasteiger partial charge in [0.15, 0.2) is 5.15 Å². The second-order valence-electron chi connectivity index (χ2n) is 2.95. The van der Waals surface area contributed by atoms with Crippen LogP contribution < -0.4 is 4.74 Å². The Morgan fingerprint density at radius 1 is 1.40 bits per heavy atom. The molecule has 0 saturated carbocycles. The van der Waals surface area contributed by atoms with Crippen molar-refractivity contribution in [1.29, 1.82) is 0 Å². The van der Waals surface area contributed by atoms with Crippen molar-refractivity contribution in [3.8, 4) is 5.88 Å². The lowest BCUT2D eigenvalue weighted by atomic mass is 10.2. The van der Waals surface area contributed by atoms with Crippen LogP contribution in [0.3, 0.4) is 0 Å². The van der Waals surface area contributed by atoms with Crippen LogP contribution in [-0.2, 0) is 0 Å². The van der Waals surface area contributed by atoms with Crippen molar-refractivity contribution in [1.82, 2.24) is 15.2 Å². The predicted octanol–water partition coefficient (Wildman–Crippen LogP) is 2.76. The van der Waals surface area contributed by atoms with Gasteiger partial charge in [-0.1, -0.05) is 11.6 Å². The van der Waals surface area contributed by atoms with Crippen LogP contribution in [-0.4, -0.2) is 22.3 Å². The van der Waals surface area contributed by atoms with E-state index in [9.17, 15) is 0 Å². The summed E-state index contributed by atoms with van der Waals surface area (Å²) >= 11 is 9.26. The Balaban J connectivity index is 2.86. The fraction of sp³-hybridized carbons (Fsp3) is 0.222. The molecule has 4 nitrogen and oxygen atoms in total. The first-order valence-electron chi connectivity index (χ1n) is 4.16. The summed E-state index contributed by atoms with van der Waals surface area (Å²) in [6.45, 7) is 1.83. The first kappa shape index (κ1) is 10.6. The maximum atomic E-state index is 5.92.